The summed E-state index contributed by atoms with van der Waals surface area (Å²) in [4.78, 5) is 21.0. The van der Waals surface area contributed by atoms with Gasteiger partial charge in [-0.15, -0.1) is 24.0 Å². The summed E-state index contributed by atoms with van der Waals surface area (Å²) in [5.41, 5.74) is 2.52. The Balaban J connectivity index is 0.00000225. The number of aromatic nitrogens is 3. The van der Waals surface area contributed by atoms with Crippen LogP contribution in [-0.2, 0) is 6.42 Å². The zero-order valence-electron chi connectivity index (χ0n) is 16.0. The Morgan fingerprint density at radius 1 is 1.11 bits per heavy atom. The third kappa shape index (κ3) is 4.54. The third-order valence-corrected chi connectivity index (χ3v) is 4.98. The van der Waals surface area contributed by atoms with Crippen molar-refractivity contribution in [1.29, 1.82) is 0 Å². The van der Waals surface area contributed by atoms with Gasteiger partial charge in [-0.2, -0.15) is 0 Å². The lowest BCUT2D eigenvalue weighted by atomic mass is 10.1. The maximum Gasteiger partial charge on any atom is 0.225 e. The summed E-state index contributed by atoms with van der Waals surface area (Å²) >= 11 is 0. The van der Waals surface area contributed by atoms with Crippen molar-refractivity contribution in [3.05, 3.63) is 54.5 Å². The van der Waals surface area contributed by atoms with Gasteiger partial charge < -0.3 is 20.1 Å². The van der Waals surface area contributed by atoms with E-state index < -0.39 is 0 Å². The first-order valence-corrected chi connectivity index (χ1v) is 9.38. The Labute approximate surface area is 182 Å². The van der Waals surface area contributed by atoms with Gasteiger partial charge in [0.15, 0.2) is 5.96 Å². The fourth-order valence-electron chi connectivity index (χ4n) is 3.55. The third-order valence-electron chi connectivity index (χ3n) is 4.98. The fourth-order valence-corrected chi connectivity index (χ4v) is 3.55. The Hall–Kier alpha value is -2.36. The molecule has 0 spiro atoms. The Kier molecular flexibility index (Phi) is 7.07. The summed E-state index contributed by atoms with van der Waals surface area (Å²) in [6, 6.07) is 10.3. The molecule has 1 fully saturated rings. The van der Waals surface area contributed by atoms with Crippen LogP contribution >= 0.6 is 24.0 Å². The number of benzene rings is 1. The van der Waals surface area contributed by atoms with Crippen LogP contribution in [0.3, 0.4) is 0 Å². The fraction of sp³-hybridized carbons (Fsp3) is 0.350. The van der Waals surface area contributed by atoms with Crippen molar-refractivity contribution in [2.75, 3.05) is 44.7 Å². The zero-order valence-corrected chi connectivity index (χ0v) is 18.3. The van der Waals surface area contributed by atoms with Crippen molar-refractivity contribution < 1.29 is 0 Å². The van der Waals surface area contributed by atoms with Gasteiger partial charge in [-0.05, 0) is 24.1 Å². The molecule has 0 amide bonds. The molecule has 0 saturated carbocycles. The average molecular weight is 491 g/mol. The molecule has 0 bridgehead atoms. The summed E-state index contributed by atoms with van der Waals surface area (Å²) in [7, 11) is 1.85. The number of aliphatic imine (C=N–C) groups is 1. The summed E-state index contributed by atoms with van der Waals surface area (Å²) < 4.78 is 0. The molecule has 1 aliphatic rings. The van der Waals surface area contributed by atoms with Gasteiger partial charge in [-0.1, -0.05) is 18.2 Å². The number of guanidine groups is 1. The van der Waals surface area contributed by atoms with E-state index >= 15 is 0 Å². The number of halogens is 1. The van der Waals surface area contributed by atoms with Crippen LogP contribution in [0.5, 0.6) is 0 Å². The minimum absolute atomic E-state index is 0. The van der Waals surface area contributed by atoms with E-state index in [1.54, 1.807) is 12.4 Å². The van der Waals surface area contributed by atoms with Gasteiger partial charge in [0.1, 0.15) is 0 Å². The highest BCUT2D eigenvalue weighted by molar-refractivity contribution is 14.0. The number of aromatic amines is 1. The second-order valence-corrected chi connectivity index (χ2v) is 6.61. The smallest absolute Gasteiger partial charge is 0.225 e. The summed E-state index contributed by atoms with van der Waals surface area (Å²) in [6.07, 6.45) is 6.65. The Bertz CT molecular complexity index is 901. The van der Waals surface area contributed by atoms with Crippen LogP contribution in [0.2, 0.25) is 0 Å². The molecule has 1 aromatic carbocycles. The maximum absolute atomic E-state index is 4.46. The maximum atomic E-state index is 4.46. The summed E-state index contributed by atoms with van der Waals surface area (Å²) in [5, 5.41) is 4.81. The predicted molar refractivity (Wildman–Crippen MR) is 125 cm³/mol. The molecule has 1 aliphatic heterocycles. The van der Waals surface area contributed by atoms with Crippen molar-refractivity contribution in [3.63, 3.8) is 0 Å². The molecule has 1 saturated heterocycles. The lowest BCUT2D eigenvalue weighted by Gasteiger charge is -2.36. The SMILES string of the molecule is CN=C(NCCc1c[nH]c2ccccc12)N1CCN(c2ncccn2)CC1.I. The molecular formula is C20H26IN7. The molecule has 8 heteroatoms. The van der Waals surface area contributed by atoms with Crippen LogP contribution < -0.4 is 10.2 Å². The van der Waals surface area contributed by atoms with E-state index in [1.165, 1.54) is 16.5 Å². The van der Waals surface area contributed by atoms with Crippen molar-refractivity contribution in [2.24, 2.45) is 4.99 Å². The number of hydrogen-bond donors (Lipinski definition) is 2. The first kappa shape index (κ1) is 20.4. The van der Waals surface area contributed by atoms with Crippen molar-refractivity contribution in [1.82, 2.24) is 25.2 Å². The van der Waals surface area contributed by atoms with E-state index in [-0.39, 0.29) is 24.0 Å². The van der Waals surface area contributed by atoms with Crippen LogP contribution in [0.4, 0.5) is 5.95 Å². The molecule has 0 atom stereocenters. The number of nitrogens with one attached hydrogen (secondary N) is 2. The second-order valence-electron chi connectivity index (χ2n) is 6.61. The van der Waals surface area contributed by atoms with Gasteiger partial charge in [0, 0.05) is 69.3 Å². The van der Waals surface area contributed by atoms with E-state index in [1.807, 2.05) is 13.1 Å². The van der Waals surface area contributed by atoms with Gasteiger partial charge in [-0.25, -0.2) is 9.97 Å². The highest BCUT2D eigenvalue weighted by atomic mass is 127. The largest absolute Gasteiger partial charge is 0.361 e. The molecule has 3 heterocycles. The van der Waals surface area contributed by atoms with E-state index in [2.05, 4.69) is 65.5 Å². The molecule has 2 N–H and O–H groups in total. The number of fused-ring (bicyclic) bond motifs is 1. The topological polar surface area (TPSA) is 72.4 Å². The van der Waals surface area contributed by atoms with Crippen LogP contribution in [0.15, 0.2) is 53.9 Å². The summed E-state index contributed by atoms with van der Waals surface area (Å²) in [5.74, 6) is 1.77. The van der Waals surface area contributed by atoms with Crippen molar-refractivity contribution in [3.8, 4) is 0 Å². The predicted octanol–water partition coefficient (Wildman–Crippen LogP) is 2.52. The zero-order chi connectivity index (χ0) is 18.5. The number of anilines is 1. The molecule has 7 nitrogen and oxygen atoms in total. The lowest BCUT2D eigenvalue weighted by Crippen LogP contribution is -2.53. The van der Waals surface area contributed by atoms with Crippen LogP contribution in [0.25, 0.3) is 10.9 Å². The van der Waals surface area contributed by atoms with Crippen molar-refractivity contribution >= 4 is 46.8 Å². The number of H-pyrrole nitrogens is 1. The molecule has 28 heavy (non-hydrogen) atoms. The molecule has 0 aliphatic carbocycles. The van der Waals surface area contributed by atoms with Gasteiger partial charge in [0.2, 0.25) is 5.95 Å². The molecule has 2 aromatic heterocycles. The van der Waals surface area contributed by atoms with E-state index in [4.69, 9.17) is 0 Å². The lowest BCUT2D eigenvalue weighted by molar-refractivity contribution is 0.370. The van der Waals surface area contributed by atoms with E-state index in [0.717, 1.165) is 51.1 Å². The normalized spacial score (nSPS) is 14.8. The number of piperazine rings is 1. The van der Waals surface area contributed by atoms with E-state index in [0.29, 0.717) is 0 Å². The van der Waals surface area contributed by atoms with E-state index in [9.17, 15) is 0 Å². The monoisotopic (exact) mass is 491 g/mol. The standard InChI is InChI=1S/C20H25N7.HI/c1-21-19(24-10-7-16-15-25-18-6-3-2-5-17(16)18)26-11-13-27(14-12-26)20-22-8-4-9-23-20;/h2-6,8-9,15,25H,7,10-14H2,1H3,(H,21,24);1H. The van der Waals surface area contributed by atoms with Gasteiger partial charge >= 0.3 is 0 Å². The Morgan fingerprint density at radius 3 is 2.61 bits per heavy atom. The quantitative estimate of drug-likeness (QED) is 0.334. The number of hydrogen-bond acceptors (Lipinski definition) is 4. The highest BCUT2D eigenvalue weighted by Gasteiger charge is 2.20. The molecule has 0 unspecified atom stereocenters. The minimum Gasteiger partial charge on any atom is -0.361 e. The highest BCUT2D eigenvalue weighted by Crippen LogP contribution is 2.17. The van der Waals surface area contributed by atoms with Gasteiger partial charge in [0.25, 0.3) is 0 Å². The van der Waals surface area contributed by atoms with Crippen LogP contribution in [0.1, 0.15) is 5.56 Å². The first-order valence-electron chi connectivity index (χ1n) is 9.38. The first-order chi connectivity index (χ1) is 13.3. The van der Waals surface area contributed by atoms with Crippen molar-refractivity contribution in [2.45, 2.75) is 6.42 Å². The number of para-hydroxylation sites is 1. The molecular weight excluding hydrogens is 465 g/mol. The average Bonchev–Trinajstić information content (AvgIpc) is 3.15. The minimum atomic E-state index is 0. The Morgan fingerprint density at radius 2 is 1.86 bits per heavy atom. The molecule has 148 valence electrons. The van der Waals surface area contributed by atoms with Crippen LogP contribution in [0, 0.1) is 0 Å². The molecule has 3 aromatic rings. The second kappa shape index (κ2) is 9.72. The summed E-state index contributed by atoms with van der Waals surface area (Å²) in [6.45, 7) is 4.47. The van der Waals surface area contributed by atoms with Crippen LogP contribution in [-0.4, -0.2) is 65.6 Å². The van der Waals surface area contributed by atoms with Gasteiger partial charge in [-0.3, -0.25) is 4.99 Å². The van der Waals surface area contributed by atoms with Gasteiger partial charge in [0.05, 0.1) is 0 Å². The molecule has 0 radical (unpaired) electrons. The number of nitrogens with zero attached hydrogens (tertiary/aromatic N) is 5. The molecule has 4 rings (SSSR count). The number of rotatable bonds is 4.